The number of aromatic nitrogens is 1. The summed E-state index contributed by atoms with van der Waals surface area (Å²) in [6.07, 6.45) is 4.31. The molecule has 0 atom stereocenters. The summed E-state index contributed by atoms with van der Waals surface area (Å²) in [4.78, 5) is 4.30. The lowest BCUT2D eigenvalue weighted by Gasteiger charge is -2.05. The van der Waals surface area contributed by atoms with Crippen molar-refractivity contribution in [3.05, 3.63) is 35.9 Å². The van der Waals surface area contributed by atoms with E-state index in [9.17, 15) is 0 Å². The molecule has 1 saturated carbocycles. The van der Waals surface area contributed by atoms with Gasteiger partial charge in [-0.2, -0.15) is 0 Å². The topological polar surface area (TPSA) is 47.3 Å². The molecule has 0 amide bonds. The fourth-order valence-electron chi connectivity index (χ4n) is 2.02. The second-order valence-electron chi connectivity index (χ2n) is 4.96. The Morgan fingerprint density at radius 2 is 2.26 bits per heavy atom. The maximum Gasteiger partial charge on any atom is 0.208 e. The number of hydrogen-bond donors (Lipinski definition) is 1. The van der Waals surface area contributed by atoms with Crippen LogP contribution in [0.1, 0.15) is 24.3 Å². The number of benzene rings is 1. The lowest BCUT2D eigenvalue weighted by atomic mass is 10.1. The van der Waals surface area contributed by atoms with Gasteiger partial charge in [0.1, 0.15) is 5.75 Å². The third-order valence-corrected chi connectivity index (χ3v) is 3.37. The number of rotatable bonds is 5. The van der Waals surface area contributed by atoms with Crippen molar-refractivity contribution in [1.82, 2.24) is 10.3 Å². The van der Waals surface area contributed by atoms with Gasteiger partial charge in [0.15, 0.2) is 5.76 Å². The Labute approximate surface area is 112 Å². The van der Waals surface area contributed by atoms with Crippen LogP contribution in [0.5, 0.6) is 5.75 Å². The summed E-state index contributed by atoms with van der Waals surface area (Å²) in [6, 6.07) is 6.69. The standard InChI is InChI=1S/C15H18N2O2/c1-10-3-4-11(7-13(10)18-2)14-8-17-15(19-14)9-16-12-5-6-12/h3-4,7-8,12,16H,5-6,9H2,1-2H3. The highest BCUT2D eigenvalue weighted by Gasteiger charge is 2.21. The molecular formula is C15H18N2O2. The summed E-state index contributed by atoms with van der Waals surface area (Å²) >= 11 is 0. The van der Waals surface area contributed by atoms with Crippen LogP contribution in [0.25, 0.3) is 11.3 Å². The first kappa shape index (κ1) is 12.2. The van der Waals surface area contributed by atoms with Gasteiger partial charge in [0.2, 0.25) is 5.89 Å². The Bertz CT molecular complexity index is 573. The summed E-state index contributed by atoms with van der Waals surface area (Å²) in [5.41, 5.74) is 2.11. The number of nitrogens with one attached hydrogen (secondary N) is 1. The van der Waals surface area contributed by atoms with E-state index in [1.54, 1.807) is 13.3 Å². The highest BCUT2D eigenvalue weighted by Crippen LogP contribution is 2.27. The summed E-state index contributed by atoms with van der Waals surface area (Å²) < 4.78 is 11.1. The van der Waals surface area contributed by atoms with Gasteiger partial charge in [0.25, 0.3) is 0 Å². The second kappa shape index (κ2) is 5.05. The first-order valence-electron chi connectivity index (χ1n) is 6.59. The molecule has 0 unspecified atom stereocenters. The molecule has 3 rings (SSSR count). The first-order chi connectivity index (χ1) is 9.26. The minimum absolute atomic E-state index is 0.662. The van der Waals surface area contributed by atoms with Gasteiger partial charge < -0.3 is 14.5 Å². The molecule has 0 radical (unpaired) electrons. The van der Waals surface area contributed by atoms with Gasteiger partial charge in [-0.05, 0) is 31.4 Å². The molecule has 1 fully saturated rings. The zero-order valence-corrected chi connectivity index (χ0v) is 11.3. The highest BCUT2D eigenvalue weighted by atomic mass is 16.5. The summed E-state index contributed by atoms with van der Waals surface area (Å²) in [6.45, 7) is 2.72. The van der Waals surface area contributed by atoms with Crippen molar-refractivity contribution in [3.63, 3.8) is 0 Å². The van der Waals surface area contributed by atoms with E-state index >= 15 is 0 Å². The van der Waals surface area contributed by atoms with Gasteiger partial charge in [-0.1, -0.05) is 12.1 Å². The van der Waals surface area contributed by atoms with Crippen LogP contribution < -0.4 is 10.1 Å². The van der Waals surface area contributed by atoms with Gasteiger partial charge in [-0.15, -0.1) is 0 Å². The number of aryl methyl sites for hydroxylation is 1. The van der Waals surface area contributed by atoms with E-state index in [0.717, 1.165) is 28.5 Å². The zero-order chi connectivity index (χ0) is 13.2. The average molecular weight is 258 g/mol. The molecule has 0 spiro atoms. The quantitative estimate of drug-likeness (QED) is 0.895. The highest BCUT2D eigenvalue weighted by molar-refractivity contribution is 5.60. The molecule has 19 heavy (non-hydrogen) atoms. The van der Waals surface area contributed by atoms with Crippen LogP contribution in [0.4, 0.5) is 0 Å². The van der Waals surface area contributed by atoms with E-state index in [0.29, 0.717) is 12.6 Å². The molecule has 2 aromatic rings. The smallest absolute Gasteiger partial charge is 0.208 e. The molecule has 1 aromatic carbocycles. The van der Waals surface area contributed by atoms with E-state index in [-0.39, 0.29) is 0 Å². The molecule has 4 heteroatoms. The lowest BCUT2D eigenvalue weighted by Crippen LogP contribution is -2.15. The largest absolute Gasteiger partial charge is 0.496 e. The van der Waals surface area contributed by atoms with Gasteiger partial charge in [0, 0.05) is 11.6 Å². The van der Waals surface area contributed by atoms with E-state index in [1.165, 1.54) is 12.8 Å². The fraction of sp³-hybridized carbons (Fsp3) is 0.400. The lowest BCUT2D eigenvalue weighted by molar-refractivity contribution is 0.411. The summed E-state index contributed by atoms with van der Waals surface area (Å²) in [5, 5.41) is 3.39. The van der Waals surface area contributed by atoms with Gasteiger partial charge in [0.05, 0.1) is 19.9 Å². The monoisotopic (exact) mass is 258 g/mol. The summed E-state index contributed by atoms with van der Waals surface area (Å²) in [7, 11) is 1.68. The Hall–Kier alpha value is -1.81. The normalized spacial score (nSPS) is 14.6. The SMILES string of the molecule is COc1cc(-c2cnc(CNC3CC3)o2)ccc1C. The first-order valence-corrected chi connectivity index (χ1v) is 6.59. The van der Waals surface area contributed by atoms with Crippen LogP contribution in [0, 0.1) is 6.92 Å². The molecule has 1 aromatic heterocycles. The third kappa shape index (κ3) is 2.79. The van der Waals surface area contributed by atoms with Gasteiger partial charge in [-0.25, -0.2) is 4.98 Å². The van der Waals surface area contributed by atoms with Crippen molar-refractivity contribution < 1.29 is 9.15 Å². The number of methoxy groups -OCH3 is 1. The Morgan fingerprint density at radius 3 is 3.00 bits per heavy atom. The van der Waals surface area contributed by atoms with E-state index in [2.05, 4.69) is 10.3 Å². The van der Waals surface area contributed by atoms with Gasteiger partial charge in [-0.3, -0.25) is 0 Å². The van der Waals surface area contributed by atoms with Crippen molar-refractivity contribution in [1.29, 1.82) is 0 Å². The number of nitrogens with zero attached hydrogens (tertiary/aromatic N) is 1. The van der Waals surface area contributed by atoms with E-state index < -0.39 is 0 Å². The summed E-state index contributed by atoms with van der Waals surface area (Å²) in [5.74, 6) is 2.39. The number of oxazole rings is 1. The minimum Gasteiger partial charge on any atom is -0.496 e. The van der Waals surface area contributed by atoms with Crippen molar-refractivity contribution >= 4 is 0 Å². The second-order valence-corrected chi connectivity index (χ2v) is 4.96. The van der Waals surface area contributed by atoms with Crippen LogP contribution >= 0.6 is 0 Å². The third-order valence-electron chi connectivity index (χ3n) is 3.37. The molecule has 1 aliphatic rings. The molecular weight excluding hydrogens is 240 g/mol. The predicted octanol–water partition coefficient (Wildman–Crippen LogP) is 2.91. The fourth-order valence-corrected chi connectivity index (χ4v) is 2.02. The maximum absolute atomic E-state index is 5.76. The Kier molecular flexibility index (Phi) is 3.25. The van der Waals surface area contributed by atoms with Gasteiger partial charge >= 0.3 is 0 Å². The van der Waals surface area contributed by atoms with Crippen LogP contribution in [0.15, 0.2) is 28.8 Å². The van der Waals surface area contributed by atoms with Crippen LogP contribution in [0.3, 0.4) is 0 Å². The van der Waals surface area contributed by atoms with Crippen molar-refractivity contribution in [2.75, 3.05) is 7.11 Å². The van der Waals surface area contributed by atoms with Crippen LogP contribution in [-0.2, 0) is 6.54 Å². The average Bonchev–Trinajstić information content (AvgIpc) is 3.14. The minimum atomic E-state index is 0.662. The van der Waals surface area contributed by atoms with Crippen LogP contribution in [0.2, 0.25) is 0 Å². The molecule has 1 heterocycles. The predicted molar refractivity (Wildman–Crippen MR) is 73.1 cm³/mol. The molecule has 0 saturated heterocycles. The van der Waals surface area contributed by atoms with E-state index in [1.807, 2.05) is 25.1 Å². The van der Waals surface area contributed by atoms with Crippen molar-refractivity contribution in [2.45, 2.75) is 32.4 Å². The molecule has 0 aliphatic heterocycles. The maximum atomic E-state index is 5.76. The molecule has 1 N–H and O–H groups in total. The van der Waals surface area contributed by atoms with Crippen LogP contribution in [-0.4, -0.2) is 18.1 Å². The number of ether oxygens (including phenoxy) is 1. The molecule has 100 valence electrons. The number of hydrogen-bond acceptors (Lipinski definition) is 4. The zero-order valence-electron chi connectivity index (χ0n) is 11.3. The van der Waals surface area contributed by atoms with Crippen molar-refractivity contribution in [3.8, 4) is 17.1 Å². The molecule has 0 bridgehead atoms. The van der Waals surface area contributed by atoms with E-state index in [4.69, 9.17) is 9.15 Å². The molecule has 1 aliphatic carbocycles. The Morgan fingerprint density at radius 1 is 1.42 bits per heavy atom. The molecule has 4 nitrogen and oxygen atoms in total. The Balaban J connectivity index is 1.77. The van der Waals surface area contributed by atoms with Crippen molar-refractivity contribution in [2.24, 2.45) is 0 Å².